The summed E-state index contributed by atoms with van der Waals surface area (Å²) in [6.07, 6.45) is 6.34. The summed E-state index contributed by atoms with van der Waals surface area (Å²) in [4.78, 5) is 3.13. The smallest absolute Gasteiger partial charge is 0.170 e. The molecule has 0 aliphatic heterocycles. The summed E-state index contributed by atoms with van der Waals surface area (Å²) >= 11 is 0. The van der Waals surface area contributed by atoms with E-state index in [1.54, 1.807) is 0 Å². The van der Waals surface area contributed by atoms with Crippen molar-refractivity contribution in [2.45, 2.75) is 26.7 Å². The van der Waals surface area contributed by atoms with Crippen LogP contribution < -0.4 is 4.98 Å². The van der Waals surface area contributed by atoms with Crippen LogP contribution in [-0.2, 0) is 12.8 Å². The molecule has 1 aromatic rings. The molecule has 0 atom stereocenters. The highest BCUT2D eigenvalue weighted by molar-refractivity contribution is 5.14. The Hall–Kier alpha value is -0.850. The van der Waals surface area contributed by atoms with E-state index in [2.05, 4.69) is 37.3 Å². The predicted molar refractivity (Wildman–Crippen MR) is 41.8 cm³/mol. The Bertz CT molecular complexity index is 186. The quantitative estimate of drug-likeness (QED) is 0.586. The van der Waals surface area contributed by atoms with Crippen LogP contribution in [0.4, 0.5) is 0 Å². The Kier molecular flexibility index (Phi) is 2.43. The van der Waals surface area contributed by atoms with E-state index in [1.165, 1.54) is 11.1 Å². The van der Waals surface area contributed by atoms with Gasteiger partial charge in [-0.05, 0) is 18.9 Å². The van der Waals surface area contributed by atoms with E-state index in [4.69, 9.17) is 0 Å². The van der Waals surface area contributed by atoms with Gasteiger partial charge in [-0.3, -0.25) is 0 Å². The monoisotopic (exact) mass is 136 g/mol. The molecule has 0 bridgehead atoms. The number of aromatic amines is 1. The SMILES string of the molecule is CCc1c[nH+]cc(CC)c1. The Morgan fingerprint density at radius 2 is 1.60 bits per heavy atom. The largest absolute Gasteiger partial charge is 0.217 e. The van der Waals surface area contributed by atoms with Crippen LogP contribution >= 0.6 is 0 Å². The number of hydrogen-bond acceptors (Lipinski definition) is 0. The van der Waals surface area contributed by atoms with Gasteiger partial charge in [0, 0.05) is 11.1 Å². The first-order chi connectivity index (χ1) is 4.86. The van der Waals surface area contributed by atoms with Crippen molar-refractivity contribution in [2.24, 2.45) is 0 Å². The molecule has 54 valence electrons. The van der Waals surface area contributed by atoms with Gasteiger partial charge in [0.25, 0.3) is 0 Å². The lowest BCUT2D eigenvalue weighted by atomic mass is 10.1. The molecule has 1 heteroatoms. The second-order valence-electron chi connectivity index (χ2n) is 2.46. The molecule has 0 fully saturated rings. The number of rotatable bonds is 2. The van der Waals surface area contributed by atoms with Gasteiger partial charge in [-0.15, -0.1) is 0 Å². The number of H-pyrrole nitrogens is 1. The molecule has 0 amide bonds. The lowest BCUT2D eigenvalue weighted by Gasteiger charge is -1.93. The zero-order valence-corrected chi connectivity index (χ0v) is 6.65. The maximum Gasteiger partial charge on any atom is 0.170 e. The molecule has 1 N–H and O–H groups in total. The van der Waals surface area contributed by atoms with Crippen molar-refractivity contribution < 1.29 is 4.98 Å². The summed E-state index contributed by atoms with van der Waals surface area (Å²) in [6.45, 7) is 4.34. The second-order valence-corrected chi connectivity index (χ2v) is 2.46. The maximum absolute atomic E-state index is 3.13. The minimum atomic E-state index is 1.12. The van der Waals surface area contributed by atoms with E-state index >= 15 is 0 Å². The Morgan fingerprint density at radius 3 is 2.00 bits per heavy atom. The van der Waals surface area contributed by atoms with Gasteiger partial charge in [-0.1, -0.05) is 13.8 Å². The average molecular weight is 136 g/mol. The minimum absolute atomic E-state index is 1.12. The summed E-state index contributed by atoms with van der Waals surface area (Å²) in [5.74, 6) is 0. The van der Waals surface area contributed by atoms with Gasteiger partial charge < -0.3 is 0 Å². The van der Waals surface area contributed by atoms with Crippen molar-refractivity contribution in [3.8, 4) is 0 Å². The van der Waals surface area contributed by atoms with Gasteiger partial charge in [0.1, 0.15) is 0 Å². The maximum atomic E-state index is 3.13. The lowest BCUT2D eigenvalue weighted by molar-refractivity contribution is -0.379. The highest BCUT2D eigenvalue weighted by Crippen LogP contribution is 2.00. The summed E-state index contributed by atoms with van der Waals surface area (Å²) in [7, 11) is 0. The lowest BCUT2D eigenvalue weighted by Crippen LogP contribution is -2.03. The number of pyridine rings is 1. The molecule has 0 aromatic carbocycles. The van der Waals surface area contributed by atoms with Crippen LogP contribution in [0.1, 0.15) is 25.0 Å². The highest BCUT2D eigenvalue weighted by atomic mass is 14.6. The Labute approximate surface area is 62.1 Å². The molecule has 1 nitrogen and oxygen atoms in total. The van der Waals surface area contributed by atoms with Crippen LogP contribution in [0.3, 0.4) is 0 Å². The molecule has 0 saturated heterocycles. The van der Waals surface area contributed by atoms with Crippen LogP contribution in [-0.4, -0.2) is 0 Å². The minimum Gasteiger partial charge on any atom is -0.217 e. The predicted octanol–water partition coefficient (Wildman–Crippen LogP) is 1.63. The molecule has 0 spiro atoms. The van der Waals surface area contributed by atoms with Crippen molar-refractivity contribution in [3.05, 3.63) is 29.6 Å². The van der Waals surface area contributed by atoms with E-state index in [9.17, 15) is 0 Å². The summed E-state index contributed by atoms with van der Waals surface area (Å²) in [5, 5.41) is 0. The van der Waals surface area contributed by atoms with Gasteiger partial charge in [-0.25, -0.2) is 4.98 Å². The standard InChI is InChI=1S/C9H13N/c1-3-8-5-9(4-2)7-10-6-8/h5-7H,3-4H2,1-2H3/p+1. The topological polar surface area (TPSA) is 14.1 Å². The van der Waals surface area contributed by atoms with Crippen molar-refractivity contribution in [2.75, 3.05) is 0 Å². The van der Waals surface area contributed by atoms with E-state index in [0.717, 1.165) is 12.8 Å². The van der Waals surface area contributed by atoms with E-state index in [-0.39, 0.29) is 0 Å². The molecule has 0 saturated carbocycles. The number of hydrogen-bond donors (Lipinski definition) is 0. The zero-order valence-electron chi connectivity index (χ0n) is 6.65. The molecular weight excluding hydrogens is 122 g/mol. The highest BCUT2D eigenvalue weighted by Gasteiger charge is 1.95. The third-order valence-electron chi connectivity index (χ3n) is 1.72. The molecule has 0 aliphatic rings. The Morgan fingerprint density at radius 1 is 1.10 bits per heavy atom. The van der Waals surface area contributed by atoms with Gasteiger partial charge >= 0.3 is 0 Å². The number of aryl methyl sites for hydroxylation is 2. The normalized spacial score (nSPS) is 9.80. The van der Waals surface area contributed by atoms with Crippen LogP contribution in [0.15, 0.2) is 18.5 Å². The molecule has 1 aromatic heterocycles. The van der Waals surface area contributed by atoms with E-state index < -0.39 is 0 Å². The van der Waals surface area contributed by atoms with Crippen LogP contribution in [0.2, 0.25) is 0 Å². The molecule has 1 heterocycles. The fourth-order valence-corrected chi connectivity index (χ4v) is 0.985. The van der Waals surface area contributed by atoms with Crippen LogP contribution in [0, 0.1) is 0 Å². The summed E-state index contributed by atoms with van der Waals surface area (Å²) < 4.78 is 0. The van der Waals surface area contributed by atoms with E-state index in [1.807, 2.05) is 0 Å². The first-order valence-electron chi connectivity index (χ1n) is 3.85. The van der Waals surface area contributed by atoms with Gasteiger partial charge in [0.15, 0.2) is 12.4 Å². The van der Waals surface area contributed by atoms with E-state index in [0.29, 0.717) is 0 Å². The zero-order chi connectivity index (χ0) is 7.40. The fourth-order valence-electron chi connectivity index (χ4n) is 0.985. The summed E-state index contributed by atoms with van der Waals surface area (Å²) in [6, 6.07) is 2.25. The van der Waals surface area contributed by atoms with Crippen molar-refractivity contribution >= 4 is 0 Å². The number of aromatic nitrogens is 1. The van der Waals surface area contributed by atoms with Gasteiger partial charge in [0.2, 0.25) is 0 Å². The first kappa shape index (κ1) is 7.26. The van der Waals surface area contributed by atoms with Gasteiger partial charge in [0.05, 0.1) is 0 Å². The van der Waals surface area contributed by atoms with Gasteiger partial charge in [-0.2, -0.15) is 0 Å². The average Bonchev–Trinajstić information content (AvgIpc) is 2.05. The van der Waals surface area contributed by atoms with Crippen molar-refractivity contribution in [1.82, 2.24) is 0 Å². The molecule has 0 unspecified atom stereocenters. The summed E-state index contributed by atoms with van der Waals surface area (Å²) in [5.41, 5.74) is 2.78. The Balaban J connectivity index is 2.87. The first-order valence-corrected chi connectivity index (χ1v) is 3.85. The third-order valence-corrected chi connectivity index (χ3v) is 1.72. The van der Waals surface area contributed by atoms with Crippen molar-refractivity contribution in [1.29, 1.82) is 0 Å². The second kappa shape index (κ2) is 3.35. The molecule has 10 heavy (non-hydrogen) atoms. The fraction of sp³-hybridized carbons (Fsp3) is 0.444. The third kappa shape index (κ3) is 1.56. The van der Waals surface area contributed by atoms with Crippen LogP contribution in [0.5, 0.6) is 0 Å². The van der Waals surface area contributed by atoms with Crippen molar-refractivity contribution in [3.63, 3.8) is 0 Å². The number of nitrogens with one attached hydrogen (secondary N) is 1. The molecular formula is C9H14N+. The molecule has 0 aliphatic carbocycles. The molecule has 1 rings (SSSR count). The van der Waals surface area contributed by atoms with Crippen LogP contribution in [0.25, 0.3) is 0 Å². The molecule has 0 radical (unpaired) electrons.